The van der Waals surface area contributed by atoms with Gasteiger partial charge in [-0.3, -0.25) is 4.79 Å². The number of ether oxygens (including phenoxy) is 1. The van der Waals surface area contributed by atoms with Gasteiger partial charge in [0.1, 0.15) is 0 Å². The molecule has 0 aliphatic rings. The number of hydrogen-bond acceptors (Lipinski definition) is 3. The zero-order valence-electron chi connectivity index (χ0n) is 10.8. The van der Waals surface area contributed by atoms with Gasteiger partial charge in [0, 0.05) is 25.1 Å². The molecule has 5 nitrogen and oxygen atoms in total. The van der Waals surface area contributed by atoms with Crippen molar-refractivity contribution in [1.82, 2.24) is 4.90 Å². The van der Waals surface area contributed by atoms with Crippen LogP contribution >= 0.6 is 15.9 Å². The van der Waals surface area contributed by atoms with Crippen LogP contribution in [0.2, 0.25) is 0 Å². The van der Waals surface area contributed by atoms with Crippen molar-refractivity contribution in [1.29, 1.82) is 0 Å². The van der Waals surface area contributed by atoms with E-state index in [0.717, 1.165) is 4.47 Å². The van der Waals surface area contributed by atoms with Crippen molar-refractivity contribution in [2.75, 3.05) is 20.3 Å². The number of aliphatic carboxylic acids is 1. The summed E-state index contributed by atoms with van der Waals surface area (Å²) in [6.45, 7) is 1.88. The lowest BCUT2D eigenvalue weighted by atomic mass is 10.1. The summed E-state index contributed by atoms with van der Waals surface area (Å²) < 4.78 is 5.77. The molecule has 6 heteroatoms. The largest absolute Gasteiger partial charge is 0.479 e. The number of carbonyl (C=O) groups excluding carboxylic acids is 1. The monoisotopic (exact) mass is 329 g/mol. The van der Waals surface area contributed by atoms with Crippen molar-refractivity contribution in [3.63, 3.8) is 0 Å². The topological polar surface area (TPSA) is 66.8 Å². The first kappa shape index (κ1) is 15.7. The Hall–Kier alpha value is -1.40. The number of carboxylic acids is 1. The van der Waals surface area contributed by atoms with Gasteiger partial charge in [-0.15, -0.1) is 0 Å². The van der Waals surface area contributed by atoms with Crippen LogP contribution in [0.3, 0.4) is 0 Å². The molecule has 1 amide bonds. The van der Waals surface area contributed by atoms with E-state index in [4.69, 9.17) is 4.74 Å². The minimum atomic E-state index is -1.06. The van der Waals surface area contributed by atoms with E-state index in [2.05, 4.69) is 15.9 Å². The Morgan fingerprint density at radius 1 is 1.37 bits per heavy atom. The minimum absolute atomic E-state index is 0.235. The highest BCUT2D eigenvalue weighted by Crippen LogP contribution is 2.23. The van der Waals surface area contributed by atoms with E-state index < -0.39 is 12.0 Å². The van der Waals surface area contributed by atoms with Gasteiger partial charge in [-0.2, -0.15) is 0 Å². The molecule has 0 radical (unpaired) electrons. The van der Waals surface area contributed by atoms with E-state index in [9.17, 15) is 14.7 Å². The summed E-state index contributed by atoms with van der Waals surface area (Å²) >= 11 is 3.29. The molecule has 1 atom stereocenters. The third kappa shape index (κ3) is 4.33. The molecule has 0 saturated heterocycles. The van der Waals surface area contributed by atoms with Gasteiger partial charge in [0.25, 0.3) is 0 Å². The maximum Gasteiger partial charge on any atom is 0.331 e. The predicted octanol–water partition coefficient (Wildman–Crippen LogP) is 2.07. The highest BCUT2D eigenvalue weighted by molar-refractivity contribution is 9.10. The highest BCUT2D eigenvalue weighted by atomic mass is 79.9. The zero-order valence-corrected chi connectivity index (χ0v) is 12.4. The van der Waals surface area contributed by atoms with Gasteiger partial charge >= 0.3 is 5.97 Å². The SMILES string of the molecule is COCCN(C(C)=O)C(C(=O)O)c1ccc(Br)cc1. The van der Waals surface area contributed by atoms with Crippen molar-refractivity contribution >= 4 is 27.8 Å². The fourth-order valence-electron chi connectivity index (χ4n) is 1.76. The number of methoxy groups -OCH3 is 1. The van der Waals surface area contributed by atoms with Crippen molar-refractivity contribution in [2.24, 2.45) is 0 Å². The molecule has 1 unspecified atom stereocenters. The van der Waals surface area contributed by atoms with Crippen LogP contribution < -0.4 is 0 Å². The van der Waals surface area contributed by atoms with Crippen LogP contribution in [0.15, 0.2) is 28.7 Å². The molecule has 19 heavy (non-hydrogen) atoms. The number of nitrogens with zero attached hydrogens (tertiary/aromatic N) is 1. The minimum Gasteiger partial charge on any atom is -0.479 e. The summed E-state index contributed by atoms with van der Waals surface area (Å²) in [4.78, 5) is 24.4. The smallest absolute Gasteiger partial charge is 0.331 e. The van der Waals surface area contributed by atoms with Crippen molar-refractivity contribution in [2.45, 2.75) is 13.0 Å². The van der Waals surface area contributed by atoms with Gasteiger partial charge in [0.15, 0.2) is 6.04 Å². The molecule has 0 heterocycles. The average Bonchev–Trinajstić information content (AvgIpc) is 2.35. The summed E-state index contributed by atoms with van der Waals surface area (Å²) in [6.07, 6.45) is 0. The first-order valence-corrected chi connectivity index (χ1v) is 6.51. The molecule has 0 fully saturated rings. The van der Waals surface area contributed by atoms with Gasteiger partial charge in [-0.25, -0.2) is 4.79 Å². The molecule has 0 aliphatic heterocycles. The molecule has 1 aromatic rings. The summed E-state index contributed by atoms with van der Waals surface area (Å²) in [5.41, 5.74) is 0.557. The van der Waals surface area contributed by atoms with E-state index in [1.54, 1.807) is 24.3 Å². The fourth-order valence-corrected chi connectivity index (χ4v) is 2.02. The Balaban J connectivity index is 3.06. The Morgan fingerprint density at radius 2 is 1.95 bits per heavy atom. The predicted molar refractivity (Wildman–Crippen MR) is 73.8 cm³/mol. The number of halogens is 1. The first-order chi connectivity index (χ1) is 8.97. The number of carbonyl (C=O) groups is 2. The number of rotatable bonds is 6. The lowest BCUT2D eigenvalue weighted by molar-refractivity contribution is -0.150. The molecule has 1 rings (SSSR count). The number of hydrogen-bond donors (Lipinski definition) is 1. The third-order valence-corrected chi connectivity index (χ3v) is 3.20. The molecule has 0 aromatic heterocycles. The van der Waals surface area contributed by atoms with Crippen molar-refractivity contribution in [3.8, 4) is 0 Å². The summed E-state index contributed by atoms with van der Waals surface area (Å²) in [7, 11) is 1.51. The standard InChI is InChI=1S/C13H16BrNO4/c1-9(16)15(7-8-19-2)12(13(17)18)10-3-5-11(14)6-4-10/h3-6,12H,7-8H2,1-2H3,(H,17,18). The maximum absolute atomic E-state index is 11.6. The van der Waals surface area contributed by atoms with Gasteiger partial charge in [0.05, 0.1) is 6.61 Å². The lowest BCUT2D eigenvalue weighted by Gasteiger charge is -2.28. The van der Waals surface area contributed by atoms with E-state index in [1.807, 2.05) is 0 Å². The second kappa shape index (κ2) is 7.25. The Bertz CT molecular complexity index is 446. The van der Waals surface area contributed by atoms with Crippen LogP contribution in [0.25, 0.3) is 0 Å². The van der Waals surface area contributed by atoms with E-state index in [1.165, 1.54) is 18.9 Å². The molecular formula is C13H16BrNO4. The molecular weight excluding hydrogens is 314 g/mol. The molecule has 0 spiro atoms. The molecule has 1 N–H and O–H groups in total. The van der Waals surface area contributed by atoms with Crippen LogP contribution in [0.4, 0.5) is 0 Å². The van der Waals surface area contributed by atoms with E-state index in [0.29, 0.717) is 12.2 Å². The molecule has 104 valence electrons. The van der Waals surface area contributed by atoms with Gasteiger partial charge in [0.2, 0.25) is 5.91 Å². The highest BCUT2D eigenvalue weighted by Gasteiger charge is 2.29. The second-order valence-electron chi connectivity index (χ2n) is 4.00. The summed E-state index contributed by atoms with van der Waals surface area (Å²) in [5, 5.41) is 9.37. The van der Waals surface area contributed by atoms with Gasteiger partial charge in [-0.1, -0.05) is 28.1 Å². The lowest BCUT2D eigenvalue weighted by Crippen LogP contribution is -2.39. The normalized spacial score (nSPS) is 11.9. The Labute approximate surface area is 120 Å². The second-order valence-corrected chi connectivity index (χ2v) is 4.91. The number of carboxylic acid groups (broad SMARTS) is 1. The third-order valence-electron chi connectivity index (χ3n) is 2.67. The molecule has 0 saturated carbocycles. The first-order valence-electron chi connectivity index (χ1n) is 5.71. The van der Waals surface area contributed by atoms with Crippen LogP contribution in [0.1, 0.15) is 18.5 Å². The fraction of sp³-hybridized carbons (Fsp3) is 0.385. The average molecular weight is 330 g/mol. The van der Waals surface area contributed by atoms with E-state index in [-0.39, 0.29) is 12.5 Å². The summed E-state index contributed by atoms with van der Waals surface area (Å²) in [5.74, 6) is -1.36. The van der Waals surface area contributed by atoms with Gasteiger partial charge in [-0.05, 0) is 17.7 Å². The van der Waals surface area contributed by atoms with E-state index >= 15 is 0 Å². The number of amides is 1. The van der Waals surface area contributed by atoms with Crippen LogP contribution in [0.5, 0.6) is 0 Å². The Kier molecular flexibility index (Phi) is 5.98. The molecule has 0 aliphatic carbocycles. The van der Waals surface area contributed by atoms with Gasteiger partial charge < -0.3 is 14.7 Å². The van der Waals surface area contributed by atoms with Crippen LogP contribution in [-0.4, -0.2) is 42.1 Å². The maximum atomic E-state index is 11.6. The van der Waals surface area contributed by atoms with Crippen molar-refractivity contribution < 1.29 is 19.4 Å². The quantitative estimate of drug-likeness (QED) is 0.867. The van der Waals surface area contributed by atoms with Crippen LogP contribution in [-0.2, 0) is 14.3 Å². The summed E-state index contributed by atoms with van der Waals surface area (Å²) in [6, 6.07) is 5.87. The Morgan fingerprint density at radius 3 is 2.37 bits per heavy atom. The molecule has 1 aromatic carbocycles. The van der Waals surface area contributed by atoms with Crippen molar-refractivity contribution in [3.05, 3.63) is 34.3 Å². The molecule has 0 bridgehead atoms. The number of benzene rings is 1. The zero-order chi connectivity index (χ0) is 14.4. The van der Waals surface area contributed by atoms with Crippen LogP contribution in [0, 0.1) is 0 Å².